The maximum atomic E-state index is 13.2. The van der Waals surface area contributed by atoms with Crippen LogP contribution in [0.5, 0.6) is 0 Å². The summed E-state index contributed by atoms with van der Waals surface area (Å²) in [6.07, 6.45) is 3.60. The van der Waals surface area contributed by atoms with Crippen molar-refractivity contribution in [3.05, 3.63) is 93.3 Å². The first-order chi connectivity index (χ1) is 17.6. The molecular weight excluding hydrogens is 516 g/mol. The second kappa shape index (κ2) is 11.0. The quantitative estimate of drug-likeness (QED) is 0.222. The van der Waals surface area contributed by atoms with Crippen molar-refractivity contribution < 1.29 is 4.79 Å². The lowest BCUT2D eigenvalue weighted by Crippen LogP contribution is -2.26. The number of amides is 1. The number of halogens is 1. The van der Waals surface area contributed by atoms with Crippen LogP contribution in [0.2, 0.25) is 5.02 Å². The van der Waals surface area contributed by atoms with Gasteiger partial charge in [0, 0.05) is 34.9 Å². The highest BCUT2D eigenvalue weighted by molar-refractivity contribution is 7.99. The molecule has 36 heavy (non-hydrogen) atoms. The van der Waals surface area contributed by atoms with Crippen LogP contribution in [0.3, 0.4) is 0 Å². The number of hydrogen-bond donors (Lipinski definition) is 1. The van der Waals surface area contributed by atoms with Gasteiger partial charge in [-0.05, 0) is 24.1 Å². The monoisotopic (exact) mass is 534 g/mol. The maximum Gasteiger partial charge on any atom is 0.282 e. The summed E-state index contributed by atoms with van der Waals surface area (Å²) in [5.41, 5.74) is 2.95. The molecule has 0 radical (unpaired) electrons. The number of thiazole rings is 1. The van der Waals surface area contributed by atoms with Crippen LogP contribution in [0.1, 0.15) is 5.56 Å². The summed E-state index contributed by atoms with van der Waals surface area (Å²) in [4.78, 5) is 43.2. The van der Waals surface area contributed by atoms with Crippen molar-refractivity contribution in [1.29, 1.82) is 0 Å². The van der Waals surface area contributed by atoms with Crippen LogP contribution in [0.15, 0.2) is 82.3 Å². The summed E-state index contributed by atoms with van der Waals surface area (Å²) in [5, 5.41) is 6.25. The zero-order valence-electron chi connectivity index (χ0n) is 18.8. The fraction of sp³-hybridized carbons (Fsp3) is 0.120. The zero-order valence-corrected chi connectivity index (χ0v) is 21.2. The van der Waals surface area contributed by atoms with E-state index in [1.807, 2.05) is 47.8 Å². The predicted octanol–water partition coefficient (Wildman–Crippen LogP) is 4.94. The lowest BCUT2D eigenvalue weighted by molar-refractivity contribution is -0.113. The van der Waals surface area contributed by atoms with E-state index in [2.05, 4.69) is 25.3 Å². The average molecular weight is 535 g/mol. The molecular formula is C25H19ClN6O2S2. The molecule has 0 aliphatic rings. The van der Waals surface area contributed by atoms with Crippen LogP contribution >= 0.6 is 34.7 Å². The van der Waals surface area contributed by atoms with Crippen molar-refractivity contribution in [2.75, 3.05) is 11.1 Å². The lowest BCUT2D eigenvalue weighted by Gasteiger charge is -2.12. The standard InChI is InChI=1S/C25H19ClN6O2S2/c26-18-8-6-17(7-9-18)19-14-35-24(29-19)30-20(33)15-36-25-31-22-21(27-11-12-28-22)23(34)32(25)13-10-16-4-2-1-3-5-16/h1-9,11-12,14H,10,13,15H2,(H,29,30,33). The second-order valence-electron chi connectivity index (χ2n) is 7.70. The molecule has 0 saturated heterocycles. The van der Waals surface area contributed by atoms with Gasteiger partial charge in [0.2, 0.25) is 5.91 Å². The number of nitrogens with zero attached hydrogens (tertiary/aromatic N) is 5. The summed E-state index contributed by atoms with van der Waals surface area (Å²) in [5.74, 6) is -0.195. The van der Waals surface area contributed by atoms with Crippen LogP contribution in [0, 0.1) is 0 Å². The van der Waals surface area contributed by atoms with E-state index < -0.39 is 0 Å². The Morgan fingerprint density at radius 2 is 1.81 bits per heavy atom. The van der Waals surface area contributed by atoms with E-state index in [1.54, 1.807) is 16.7 Å². The molecule has 3 aromatic heterocycles. The Kier molecular flexibility index (Phi) is 7.36. The predicted molar refractivity (Wildman–Crippen MR) is 144 cm³/mol. The third-order valence-corrected chi connectivity index (χ3v) is 7.23. The molecule has 0 bridgehead atoms. The van der Waals surface area contributed by atoms with E-state index in [4.69, 9.17) is 11.6 Å². The molecule has 180 valence electrons. The molecule has 0 aliphatic carbocycles. The van der Waals surface area contributed by atoms with Gasteiger partial charge in [0.1, 0.15) is 0 Å². The van der Waals surface area contributed by atoms with Crippen molar-refractivity contribution in [1.82, 2.24) is 24.5 Å². The van der Waals surface area contributed by atoms with Crippen molar-refractivity contribution in [3.63, 3.8) is 0 Å². The second-order valence-corrected chi connectivity index (χ2v) is 9.93. The van der Waals surface area contributed by atoms with E-state index in [1.165, 1.54) is 35.5 Å². The molecule has 1 amide bonds. The van der Waals surface area contributed by atoms with E-state index in [0.29, 0.717) is 28.3 Å². The van der Waals surface area contributed by atoms with Gasteiger partial charge in [0.05, 0.1) is 11.4 Å². The highest BCUT2D eigenvalue weighted by Gasteiger charge is 2.16. The molecule has 3 heterocycles. The number of carbonyl (C=O) groups excluding carboxylic acids is 1. The SMILES string of the molecule is O=C(CSc1nc2nccnc2c(=O)n1CCc1ccccc1)Nc1nc(-c2ccc(Cl)cc2)cs1. The molecule has 0 unspecified atom stereocenters. The molecule has 11 heteroatoms. The van der Waals surface area contributed by atoms with Gasteiger partial charge in [0.25, 0.3) is 5.56 Å². The Hall–Kier alpha value is -3.60. The highest BCUT2D eigenvalue weighted by Crippen LogP contribution is 2.26. The molecule has 0 spiro atoms. The molecule has 0 fully saturated rings. The Morgan fingerprint density at radius 3 is 2.61 bits per heavy atom. The van der Waals surface area contributed by atoms with Gasteiger partial charge in [-0.2, -0.15) is 0 Å². The van der Waals surface area contributed by atoms with Gasteiger partial charge in [-0.15, -0.1) is 11.3 Å². The number of benzene rings is 2. The molecule has 8 nitrogen and oxygen atoms in total. The van der Waals surface area contributed by atoms with Crippen LogP contribution in [-0.4, -0.2) is 36.2 Å². The minimum atomic E-state index is -0.278. The topological polar surface area (TPSA) is 103 Å². The number of rotatable bonds is 8. The third kappa shape index (κ3) is 5.62. The van der Waals surface area contributed by atoms with E-state index >= 15 is 0 Å². The number of hydrogen-bond acceptors (Lipinski definition) is 8. The normalized spacial score (nSPS) is 11.0. The Morgan fingerprint density at radius 1 is 1.03 bits per heavy atom. The Bertz CT molecular complexity index is 1570. The molecule has 0 atom stereocenters. The Balaban J connectivity index is 1.31. The smallest absolute Gasteiger partial charge is 0.282 e. The number of nitrogens with one attached hydrogen (secondary N) is 1. The minimum absolute atomic E-state index is 0.0550. The van der Waals surface area contributed by atoms with Gasteiger partial charge in [-0.25, -0.2) is 19.9 Å². The van der Waals surface area contributed by atoms with Crippen LogP contribution in [0.25, 0.3) is 22.4 Å². The van der Waals surface area contributed by atoms with Gasteiger partial charge < -0.3 is 5.32 Å². The molecule has 0 saturated carbocycles. The van der Waals surface area contributed by atoms with Gasteiger partial charge in [-0.3, -0.25) is 14.2 Å². The van der Waals surface area contributed by atoms with Crippen molar-refractivity contribution in [2.24, 2.45) is 0 Å². The lowest BCUT2D eigenvalue weighted by atomic mass is 10.1. The number of carbonyl (C=O) groups is 1. The molecule has 5 aromatic rings. The maximum absolute atomic E-state index is 13.2. The van der Waals surface area contributed by atoms with Gasteiger partial charge in [-0.1, -0.05) is 65.8 Å². The summed E-state index contributed by atoms with van der Waals surface area (Å²) >= 11 is 8.47. The molecule has 2 aromatic carbocycles. The summed E-state index contributed by atoms with van der Waals surface area (Å²) in [7, 11) is 0. The van der Waals surface area contributed by atoms with Crippen molar-refractivity contribution in [2.45, 2.75) is 18.1 Å². The van der Waals surface area contributed by atoms with Crippen molar-refractivity contribution in [3.8, 4) is 11.3 Å². The van der Waals surface area contributed by atoms with Gasteiger partial charge >= 0.3 is 0 Å². The van der Waals surface area contributed by atoms with E-state index in [0.717, 1.165) is 16.8 Å². The molecule has 1 N–H and O–H groups in total. The molecule has 0 aliphatic heterocycles. The number of thioether (sulfide) groups is 1. The Labute approximate surface area is 219 Å². The minimum Gasteiger partial charge on any atom is -0.301 e. The van der Waals surface area contributed by atoms with Crippen molar-refractivity contribution >= 4 is 56.9 Å². The zero-order chi connectivity index (χ0) is 24.9. The van der Waals surface area contributed by atoms with Crippen LogP contribution in [-0.2, 0) is 17.8 Å². The largest absolute Gasteiger partial charge is 0.301 e. The highest BCUT2D eigenvalue weighted by atomic mass is 35.5. The third-order valence-electron chi connectivity index (χ3n) is 5.25. The summed E-state index contributed by atoms with van der Waals surface area (Å²) in [6, 6.07) is 17.2. The summed E-state index contributed by atoms with van der Waals surface area (Å²) in [6.45, 7) is 0.406. The fourth-order valence-electron chi connectivity index (χ4n) is 3.49. The summed E-state index contributed by atoms with van der Waals surface area (Å²) < 4.78 is 1.56. The fourth-order valence-corrected chi connectivity index (χ4v) is 5.17. The number of fused-ring (bicyclic) bond motifs is 1. The number of aromatic nitrogens is 5. The van der Waals surface area contributed by atoms with E-state index in [-0.39, 0.29) is 28.4 Å². The number of anilines is 1. The first-order valence-corrected chi connectivity index (χ1v) is 13.2. The van der Waals surface area contributed by atoms with E-state index in [9.17, 15) is 9.59 Å². The van der Waals surface area contributed by atoms with Gasteiger partial charge in [0.15, 0.2) is 21.5 Å². The molecule has 5 rings (SSSR count). The van der Waals surface area contributed by atoms with Crippen LogP contribution in [0.4, 0.5) is 5.13 Å². The average Bonchev–Trinajstić information content (AvgIpc) is 3.36. The first-order valence-electron chi connectivity index (χ1n) is 11.0. The first kappa shape index (κ1) is 24.1. The van der Waals surface area contributed by atoms with Crippen LogP contribution < -0.4 is 10.9 Å². The number of aryl methyl sites for hydroxylation is 1.